The third-order valence-corrected chi connectivity index (χ3v) is 4.74. The zero-order valence-corrected chi connectivity index (χ0v) is 14.6. The van der Waals surface area contributed by atoms with Crippen molar-refractivity contribution in [2.45, 2.75) is 12.5 Å². The Morgan fingerprint density at radius 3 is 2.62 bits per heavy atom. The zero-order valence-electron chi connectivity index (χ0n) is 14.6. The van der Waals surface area contributed by atoms with E-state index in [0.717, 1.165) is 30.0 Å². The minimum atomic E-state index is 0.0403. The topological polar surface area (TPSA) is 60.2 Å². The number of nitrogens with zero attached hydrogens (tertiary/aromatic N) is 4. The van der Waals surface area contributed by atoms with Gasteiger partial charge in [-0.2, -0.15) is 0 Å². The maximum Gasteiger partial charge on any atom is 0.253 e. The van der Waals surface area contributed by atoms with E-state index in [-0.39, 0.29) is 11.9 Å². The van der Waals surface area contributed by atoms with Gasteiger partial charge in [0, 0.05) is 24.2 Å². The molecule has 6 nitrogen and oxygen atoms in total. The van der Waals surface area contributed by atoms with Crippen molar-refractivity contribution in [2.75, 3.05) is 20.2 Å². The molecule has 2 heterocycles. The second kappa shape index (κ2) is 7.00. The van der Waals surface area contributed by atoms with Gasteiger partial charge in [0.2, 0.25) is 0 Å². The Hall–Kier alpha value is -3.15. The fourth-order valence-electron chi connectivity index (χ4n) is 3.25. The van der Waals surface area contributed by atoms with Crippen molar-refractivity contribution in [1.29, 1.82) is 0 Å². The Kier molecular flexibility index (Phi) is 4.39. The Morgan fingerprint density at radius 2 is 1.88 bits per heavy atom. The van der Waals surface area contributed by atoms with E-state index in [0.29, 0.717) is 12.1 Å². The summed E-state index contributed by atoms with van der Waals surface area (Å²) < 4.78 is 7.02. The van der Waals surface area contributed by atoms with E-state index < -0.39 is 0 Å². The fraction of sp³-hybridized carbons (Fsp3) is 0.250. The van der Waals surface area contributed by atoms with Gasteiger partial charge in [0.1, 0.15) is 11.4 Å². The molecule has 1 atom stereocenters. The van der Waals surface area contributed by atoms with Crippen molar-refractivity contribution in [3.05, 3.63) is 66.4 Å². The van der Waals surface area contributed by atoms with Crippen LogP contribution in [0.25, 0.3) is 11.3 Å². The molecule has 0 radical (unpaired) electrons. The largest absolute Gasteiger partial charge is 0.497 e. The van der Waals surface area contributed by atoms with Crippen LogP contribution in [0.3, 0.4) is 0 Å². The Labute approximate surface area is 152 Å². The monoisotopic (exact) mass is 348 g/mol. The number of methoxy groups -OCH3 is 1. The highest BCUT2D eigenvalue weighted by molar-refractivity contribution is 5.94. The Balaban J connectivity index is 1.45. The molecule has 3 aromatic rings. The molecular weight excluding hydrogens is 328 g/mol. The van der Waals surface area contributed by atoms with Gasteiger partial charge >= 0.3 is 0 Å². The molecule has 26 heavy (non-hydrogen) atoms. The van der Waals surface area contributed by atoms with Crippen LogP contribution in [0, 0.1) is 0 Å². The van der Waals surface area contributed by atoms with E-state index in [1.807, 2.05) is 58.2 Å². The molecule has 0 saturated carbocycles. The molecule has 2 aromatic carbocycles. The Bertz CT molecular complexity index is 890. The van der Waals surface area contributed by atoms with Crippen molar-refractivity contribution in [1.82, 2.24) is 19.9 Å². The quantitative estimate of drug-likeness (QED) is 0.727. The smallest absolute Gasteiger partial charge is 0.253 e. The maximum absolute atomic E-state index is 12.7. The van der Waals surface area contributed by atoms with E-state index in [2.05, 4.69) is 10.3 Å². The molecule has 0 spiro atoms. The summed E-state index contributed by atoms with van der Waals surface area (Å²) >= 11 is 0. The van der Waals surface area contributed by atoms with Gasteiger partial charge in [0.05, 0.1) is 19.3 Å². The highest BCUT2D eigenvalue weighted by Gasteiger charge is 2.29. The van der Waals surface area contributed by atoms with Gasteiger partial charge in [-0.15, -0.1) is 5.10 Å². The molecular formula is C20H20N4O2. The first-order valence-corrected chi connectivity index (χ1v) is 8.65. The third-order valence-electron chi connectivity index (χ3n) is 4.74. The average Bonchev–Trinajstić information content (AvgIpc) is 3.38. The van der Waals surface area contributed by atoms with Crippen LogP contribution in [0.5, 0.6) is 5.75 Å². The van der Waals surface area contributed by atoms with Crippen LogP contribution in [-0.2, 0) is 0 Å². The summed E-state index contributed by atoms with van der Waals surface area (Å²) in [4.78, 5) is 14.6. The summed E-state index contributed by atoms with van der Waals surface area (Å²) in [6.45, 7) is 1.36. The van der Waals surface area contributed by atoms with Gasteiger partial charge in [-0.3, -0.25) is 4.79 Å². The van der Waals surface area contributed by atoms with Crippen LogP contribution >= 0.6 is 0 Å². The number of amides is 1. The lowest BCUT2D eigenvalue weighted by molar-refractivity contribution is 0.0787. The molecule has 0 aliphatic carbocycles. The van der Waals surface area contributed by atoms with Crippen molar-refractivity contribution in [2.24, 2.45) is 0 Å². The van der Waals surface area contributed by atoms with E-state index in [4.69, 9.17) is 4.74 Å². The molecule has 0 N–H and O–H groups in total. The number of likely N-dealkylation sites (tertiary alicyclic amines) is 1. The van der Waals surface area contributed by atoms with Crippen LogP contribution in [0.2, 0.25) is 0 Å². The number of rotatable bonds is 4. The predicted octanol–water partition coefficient (Wildman–Crippen LogP) is 3.04. The predicted molar refractivity (Wildman–Crippen MR) is 98.0 cm³/mol. The molecule has 132 valence electrons. The fourth-order valence-corrected chi connectivity index (χ4v) is 3.25. The summed E-state index contributed by atoms with van der Waals surface area (Å²) in [5.41, 5.74) is 2.57. The van der Waals surface area contributed by atoms with Gasteiger partial charge in [0.25, 0.3) is 5.91 Å². The molecule has 4 rings (SSSR count). The standard InChI is InChI=1S/C20H20N4O2/c1-26-18-9-7-16(8-10-18)20(25)23-12-11-17(13-23)24-14-19(21-22-24)15-5-3-2-4-6-15/h2-10,14,17H,11-13H2,1H3. The highest BCUT2D eigenvalue weighted by Crippen LogP contribution is 2.25. The number of aromatic nitrogens is 3. The van der Waals surface area contributed by atoms with Gasteiger partial charge in [-0.05, 0) is 30.7 Å². The van der Waals surface area contributed by atoms with Gasteiger partial charge in [-0.1, -0.05) is 35.5 Å². The van der Waals surface area contributed by atoms with Gasteiger partial charge in [-0.25, -0.2) is 4.68 Å². The first-order valence-electron chi connectivity index (χ1n) is 8.65. The van der Waals surface area contributed by atoms with E-state index >= 15 is 0 Å². The van der Waals surface area contributed by atoms with Crippen molar-refractivity contribution >= 4 is 5.91 Å². The number of benzene rings is 2. The first kappa shape index (κ1) is 16.3. The second-order valence-electron chi connectivity index (χ2n) is 6.37. The van der Waals surface area contributed by atoms with Crippen LogP contribution in [-0.4, -0.2) is 46.0 Å². The lowest BCUT2D eigenvalue weighted by Gasteiger charge is -2.16. The summed E-state index contributed by atoms with van der Waals surface area (Å²) in [5, 5.41) is 8.55. The molecule has 1 saturated heterocycles. The SMILES string of the molecule is COc1ccc(C(=O)N2CCC(n3cc(-c4ccccc4)nn3)C2)cc1. The molecule has 1 aliphatic heterocycles. The number of carbonyl (C=O) groups is 1. The summed E-state index contributed by atoms with van der Waals surface area (Å²) in [5.74, 6) is 0.787. The molecule has 1 aliphatic rings. The van der Waals surface area contributed by atoms with E-state index in [1.54, 1.807) is 19.2 Å². The third kappa shape index (κ3) is 3.18. The minimum Gasteiger partial charge on any atom is -0.497 e. The van der Waals surface area contributed by atoms with Crippen molar-refractivity contribution in [3.8, 4) is 17.0 Å². The summed E-state index contributed by atoms with van der Waals surface area (Å²) in [6.07, 6.45) is 2.83. The van der Waals surface area contributed by atoms with Crippen molar-refractivity contribution < 1.29 is 9.53 Å². The highest BCUT2D eigenvalue weighted by atomic mass is 16.5. The minimum absolute atomic E-state index is 0.0403. The van der Waals surface area contributed by atoms with E-state index in [1.165, 1.54) is 0 Å². The number of hydrogen-bond donors (Lipinski definition) is 0. The number of carbonyl (C=O) groups excluding carboxylic acids is 1. The van der Waals surface area contributed by atoms with Crippen LogP contribution in [0.4, 0.5) is 0 Å². The molecule has 6 heteroatoms. The number of hydrogen-bond acceptors (Lipinski definition) is 4. The van der Waals surface area contributed by atoms with E-state index in [9.17, 15) is 4.79 Å². The van der Waals surface area contributed by atoms with Crippen LogP contribution < -0.4 is 4.74 Å². The molecule has 1 fully saturated rings. The van der Waals surface area contributed by atoms with Gasteiger partial charge < -0.3 is 9.64 Å². The van der Waals surface area contributed by atoms with Crippen LogP contribution in [0.1, 0.15) is 22.8 Å². The molecule has 1 unspecified atom stereocenters. The van der Waals surface area contributed by atoms with Gasteiger partial charge in [0.15, 0.2) is 0 Å². The van der Waals surface area contributed by atoms with Crippen molar-refractivity contribution in [3.63, 3.8) is 0 Å². The zero-order chi connectivity index (χ0) is 17.9. The lowest BCUT2D eigenvalue weighted by Crippen LogP contribution is -2.29. The Morgan fingerprint density at radius 1 is 1.12 bits per heavy atom. The first-order chi connectivity index (χ1) is 12.7. The molecule has 1 aromatic heterocycles. The summed E-state index contributed by atoms with van der Waals surface area (Å²) in [6, 6.07) is 17.4. The molecule has 1 amide bonds. The van der Waals surface area contributed by atoms with Crippen LogP contribution in [0.15, 0.2) is 60.8 Å². The second-order valence-corrected chi connectivity index (χ2v) is 6.37. The normalized spacial score (nSPS) is 16.7. The summed E-state index contributed by atoms with van der Waals surface area (Å²) in [7, 11) is 1.61. The molecule has 0 bridgehead atoms. The average molecular weight is 348 g/mol. The lowest BCUT2D eigenvalue weighted by atomic mass is 10.2. The maximum atomic E-state index is 12.7. The number of ether oxygens (including phenoxy) is 1.